The molecular formula is C37H50Cl3N5O6. The van der Waals surface area contributed by atoms with Gasteiger partial charge in [-0.1, -0.05) is 17.7 Å². The minimum Gasteiger partial charge on any atom is -0.495 e. The summed E-state index contributed by atoms with van der Waals surface area (Å²) in [5, 5.41) is 3.29. The van der Waals surface area contributed by atoms with Gasteiger partial charge in [-0.2, -0.15) is 0 Å². The Morgan fingerprint density at radius 2 is 1.57 bits per heavy atom. The fourth-order valence-electron chi connectivity index (χ4n) is 5.45. The SMILES string of the molecule is COc1cc(C(=O)N(C)c2ccc(C)cc2OCCCCCC(=O)N2CCN(C)CC2)ccc1NC(=O)c1ccc(Cl)cc1OCCCN.Cl.Cl. The molecule has 1 saturated heterocycles. The molecule has 3 N–H and O–H groups in total. The number of hydrogen-bond donors (Lipinski definition) is 2. The molecule has 1 aliphatic heterocycles. The summed E-state index contributed by atoms with van der Waals surface area (Å²) in [6.07, 6.45) is 3.66. The number of nitrogens with zero attached hydrogens (tertiary/aromatic N) is 3. The van der Waals surface area contributed by atoms with E-state index in [1.165, 1.54) is 12.0 Å². The minimum absolute atomic E-state index is 0. The summed E-state index contributed by atoms with van der Waals surface area (Å²) in [5.41, 5.74) is 8.26. The maximum absolute atomic E-state index is 13.7. The number of benzene rings is 3. The molecule has 3 amide bonds. The van der Waals surface area contributed by atoms with E-state index in [4.69, 9.17) is 31.5 Å². The Balaban J connectivity index is 0.00000451. The Hall–Kier alpha value is -3.74. The van der Waals surface area contributed by atoms with Gasteiger partial charge in [0.15, 0.2) is 0 Å². The fraction of sp³-hybridized carbons (Fsp3) is 0.432. The number of rotatable bonds is 16. The zero-order valence-electron chi connectivity index (χ0n) is 29.7. The lowest BCUT2D eigenvalue weighted by molar-refractivity contribution is -0.132. The summed E-state index contributed by atoms with van der Waals surface area (Å²) < 4.78 is 17.5. The first kappa shape index (κ1) is 43.4. The third kappa shape index (κ3) is 12.5. The molecule has 0 bridgehead atoms. The van der Waals surface area contributed by atoms with E-state index in [1.807, 2.05) is 30.0 Å². The zero-order chi connectivity index (χ0) is 35.3. The molecule has 0 spiro atoms. The van der Waals surface area contributed by atoms with E-state index in [0.29, 0.717) is 77.4 Å². The summed E-state index contributed by atoms with van der Waals surface area (Å²) in [5.74, 6) is 0.795. The van der Waals surface area contributed by atoms with Crippen molar-refractivity contribution < 1.29 is 28.6 Å². The van der Waals surface area contributed by atoms with Crippen molar-refractivity contribution in [2.24, 2.45) is 5.73 Å². The molecule has 4 rings (SSSR count). The van der Waals surface area contributed by atoms with Crippen LogP contribution in [0.1, 0.15) is 58.4 Å². The fourth-order valence-corrected chi connectivity index (χ4v) is 5.62. The van der Waals surface area contributed by atoms with Crippen LogP contribution in [0.2, 0.25) is 5.02 Å². The summed E-state index contributed by atoms with van der Waals surface area (Å²) in [6, 6.07) is 15.4. The predicted molar refractivity (Wildman–Crippen MR) is 208 cm³/mol. The number of piperazine rings is 1. The van der Waals surface area contributed by atoms with Gasteiger partial charge in [-0.25, -0.2) is 0 Å². The number of carbonyl (C=O) groups is 3. The number of hydrogen-bond acceptors (Lipinski definition) is 8. The lowest BCUT2D eigenvalue weighted by Crippen LogP contribution is -2.47. The van der Waals surface area contributed by atoms with Gasteiger partial charge in [-0.05, 0) is 100 Å². The summed E-state index contributed by atoms with van der Waals surface area (Å²) >= 11 is 6.14. The first-order chi connectivity index (χ1) is 23.6. The van der Waals surface area contributed by atoms with E-state index >= 15 is 0 Å². The second-order valence-electron chi connectivity index (χ2n) is 12.2. The topological polar surface area (TPSA) is 127 Å². The molecule has 280 valence electrons. The molecule has 0 atom stereocenters. The maximum atomic E-state index is 13.7. The third-order valence-corrected chi connectivity index (χ3v) is 8.66. The van der Waals surface area contributed by atoms with Crippen LogP contribution < -0.4 is 30.2 Å². The number of aryl methyl sites for hydroxylation is 1. The van der Waals surface area contributed by atoms with E-state index in [2.05, 4.69) is 17.3 Å². The van der Waals surface area contributed by atoms with E-state index < -0.39 is 5.91 Å². The molecule has 0 aliphatic carbocycles. The van der Waals surface area contributed by atoms with Gasteiger partial charge in [-0.15, -0.1) is 24.8 Å². The second kappa shape index (κ2) is 21.6. The van der Waals surface area contributed by atoms with Crippen molar-refractivity contribution in [1.82, 2.24) is 9.80 Å². The van der Waals surface area contributed by atoms with Crippen molar-refractivity contribution in [3.63, 3.8) is 0 Å². The van der Waals surface area contributed by atoms with Crippen LogP contribution in [0.4, 0.5) is 11.4 Å². The lowest BCUT2D eigenvalue weighted by atomic mass is 10.1. The van der Waals surface area contributed by atoms with Crippen molar-refractivity contribution >= 4 is 65.5 Å². The van der Waals surface area contributed by atoms with Gasteiger partial charge >= 0.3 is 0 Å². The third-order valence-electron chi connectivity index (χ3n) is 8.42. The largest absolute Gasteiger partial charge is 0.495 e. The van der Waals surface area contributed by atoms with Crippen LogP contribution >= 0.6 is 36.4 Å². The first-order valence-corrected chi connectivity index (χ1v) is 17.1. The number of carbonyl (C=O) groups excluding carboxylic acids is 3. The number of methoxy groups -OCH3 is 1. The molecule has 1 fully saturated rings. The highest BCUT2D eigenvalue weighted by molar-refractivity contribution is 6.31. The Kier molecular flexibility index (Phi) is 18.4. The average Bonchev–Trinajstić information content (AvgIpc) is 3.09. The van der Waals surface area contributed by atoms with Crippen molar-refractivity contribution in [2.75, 3.05) is 77.4 Å². The number of anilines is 2. The molecule has 0 saturated carbocycles. The number of nitrogens with two attached hydrogens (primary N) is 1. The molecule has 0 radical (unpaired) electrons. The number of unbranched alkanes of at least 4 members (excludes halogenated alkanes) is 2. The summed E-state index contributed by atoms with van der Waals surface area (Å²) in [6.45, 7) is 6.68. The van der Waals surface area contributed by atoms with E-state index in [1.54, 1.807) is 43.4 Å². The smallest absolute Gasteiger partial charge is 0.259 e. The van der Waals surface area contributed by atoms with Crippen LogP contribution in [0.5, 0.6) is 17.2 Å². The molecular weight excluding hydrogens is 717 g/mol. The molecule has 51 heavy (non-hydrogen) atoms. The van der Waals surface area contributed by atoms with Crippen LogP contribution in [0.15, 0.2) is 54.6 Å². The Labute approximate surface area is 318 Å². The first-order valence-electron chi connectivity index (χ1n) is 16.7. The van der Waals surface area contributed by atoms with Gasteiger partial charge < -0.3 is 40.0 Å². The van der Waals surface area contributed by atoms with Crippen LogP contribution in [0.3, 0.4) is 0 Å². The van der Waals surface area contributed by atoms with Gasteiger partial charge in [0, 0.05) is 50.2 Å². The number of nitrogens with one attached hydrogen (secondary N) is 1. The predicted octanol–water partition coefficient (Wildman–Crippen LogP) is 6.47. The Morgan fingerprint density at radius 3 is 2.27 bits per heavy atom. The number of amides is 3. The summed E-state index contributed by atoms with van der Waals surface area (Å²) in [4.78, 5) is 45.2. The van der Waals surface area contributed by atoms with Crippen molar-refractivity contribution in [3.05, 3.63) is 76.3 Å². The number of likely N-dealkylation sites (N-methyl/N-ethyl adjacent to an activating group) is 1. The standard InChI is InChI=1S/C37H48ClN5O6.2ClH/c1-26-10-15-31(34(23-26)49-21-7-5-6-9-35(44)43-19-17-41(2)18-20-43)42(3)37(46)27-11-14-30(33(24-27)47-4)40-36(45)29-13-12-28(38)25-32(29)48-22-8-16-39;;/h10-15,23-25H,5-9,16-22,39H2,1-4H3,(H,40,45);2*1H. The average molecular weight is 767 g/mol. The van der Waals surface area contributed by atoms with Gasteiger partial charge in [-0.3, -0.25) is 14.4 Å². The highest BCUT2D eigenvalue weighted by Gasteiger charge is 2.22. The van der Waals surface area contributed by atoms with Crippen LogP contribution in [-0.4, -0.2) is 94.7 Å². The number of ether oxygens (including phenoxy) is 3. The normalized spacial score (nSPS) is 12.6. The number of halogens is 3. The van der Waals surface area contributed by atoms with E-state index in [-0.39, 0.29) is 36.6 Å². The molecule has 1 aliphatic rings. The molecule has 11 nitrogen and oxygen atoms in total. The monoisotopic (exact) mass is 765 g/mol. The van der Waals surface area contributed by atoms with Gasteiger partial charge in [0.05, 0.1) is 37.3 Å². The van der Waals surface area contributed by atoms with Crippen LogP contribution in [0, 0.1) is 6.92 Å². The Morgan fingerprint density at radius 1 is 0.863 bits per heavy atom. The molecule has 14 heteroatoms. The van der Waals surface area contributed by atoms with Gasteiger partial charge in [0.25, 0.3) is 11.8 Å². The van der Waals surface area contributed by atoms with Crippen molar-refractivity contribution in [3.8, 4) is 17.2 Å². The molecule has 3 aromatic carbocycles. The lowest BCUT2D eigenvalue weighted by Gasteiger charge is -2.32. The van der Waals surface area contributed by atoms with E-state index in [0.717, 1.165) is 51.0 Å². The second-order valence-corrected chi connectivity index (χ2v) is 12.6. The highest BCUT2D eigenvalue weighted by atomic mass is 35.5. The maximum Gasteiger partial charge on any atom is 0.259 e. The zero-order valence-corrected chi connectivity index (χ0v) is 32.1. The van der Waals surface area contributed by atoms with Gasteiger partial charge in [0.1, 0.15) is 17.2 Å². The minimum atomic E-state index is -0.419. The van der Waals surface area contributed by atoms with Crippen LogP contribution in [-0.2, 0) is 4.79 Å². The molecule has 3 aromatic rings. The van der Waals surface area contributed by atoms with E-state index in [9.17, 15) is 14.4 Å². The molecule has 0 unspecified atom stereocenters. The van der Waals surface area contributed by atoms with Crippen molar-refractivity contribution in [2.45, 2.75) is 39.0 Å². The molecule has 0 aromatic heterocycles. The molecule has 1 heterocycles. The summed E-state index contributed by atoms with van der Waals surface area (Å²) in [7, 11) is 5.24. The van der Waals surface area contributed by atoms with Crippen molar-refractivity contribution in [1.29, 1.82) is 0 Å². The quantitative estimate of drug-likeness (QED) is 0.159. The van der Waals surface area contributed by atoms with Crippen LogP contribution in [0.25, 0.3) is 0 Å². The Bertz CT molecular complexity index is 1600. The van der Waals surface area contributed by atoms with Gasteiger partial charge in [0.2, 0.25) is 5.91 Å². The highest BCUT2D eigenvalue weighted by Crippen LogP contribution is 2.33.